The summed E-state index contributed by atoms with van der Waals surface area (Å²) in [7, 11) is 0. The van der Waals surface area contributed by atoms with E-state index in [-0.39, 0.29) is 11.3 Å². The van der Waals surface area contributed by atoms with Crippen molar-refractivity contribution in [3.05, 3.63) is 57.3 Å². The lowest BCUT2D eigenvalue weighted by molar-refractivity contribution is 0.0696. The van der Waals surface area contributed by atoms with Gasteiger partial charge in [-0.25, -0.2) is 4.79 Å². The lowest BCUT2D eigenvalue weighted by atomic mass is 10.2. The van der Waals surface area contributed by atoms with E-state index in [0.717, 1.165) is 6.20 Å². The second-order valence-corrected chi connectivity index (χ2v) is 5.11. The van der Waals surface area contributed by atoms with Crippen LogP contribution in [0.25, 0.3) is 0 Å². The third-order valence-electron chi connectivity index (χ3n) is 2.42. The summed E-state index contributed by atoms with van der Waals surface area (Å²) >= 11 is 9.14. The Balaban J connectivity index is 2.19. The number of hydrogen-bond acceptors (Lipinski definition) is 3. The maximum absolute atomic E-state index is 12.0. The van der Waals surface area contributed by atoms with Gasteiger partial charge in [0.25, 0.3) is 5.91 Å². The van der Waals surface area contributed by atoms with E-state index in [9.17, 15) is 9.59 Å². The van der Waals surface area contributed by atoms with E-state index in [1.54, 1.807) is 18.2 Å². The molecule has 0 aliphatic rings. The van der Waals surface area contributed by atoms with Crippen LogP contribution in [-0.4, -0.2) is 22.0 Å². The summed E-state index contributed by atoms with van der Waals surface area (Å²) < 4.78 is 0.678. The number of nitrogens with one attached hydrogen (secondary N) is 1. The van der Waals surface area contributed by atoms with Crippen molar-refractivity contribution in [2.45, 2.75) is 0 Å². The molecule has 5 nitrogen and oxygen atoms in total. The van der Waals surface area contributed by atoms with Crippen molar-refractivity contribution < 1.29 is 14.7 Å². The first-order valence-corrected chi connectivity index (χ1v) is 6.60. The molecule has 0 spiro atoms. The molecule has 20 heavy (non-hydrogen) atoms. The first-order valence-electron chi connectivity index (χ1n) is 5.43. The SMILES string of the molecule is O=C(O)c1ccc(C(=O)Nc2cc(Cl)ccc2Br)nc1. The zero-order chi connectivity index (χ0) is 14.7. The van der Waals surface area contributed by atoms with Crippen LogP contribution < -0.4 is 5.32 Å². The van der Waals surface area contributed by atoms with Gasteiger partial charge >= 0.3 is 5.97 Å². The monoisotopic (exact) mass is 354 g/mol. The van der Waals surface area contributed by atoms with Crippen LogP contribution in [0.3, 0.4) is 0 Å². The summed E-state index contributed by atoms with van der Waals surface area (Å²) in [5.41, 5.74) is 0.638. The summed E-state index contributed by atoms with van der Waals surface area (Å²) in [5, 5.41) is 11.9. The van der Waals surface area contributed by atoms with Crippen molar-refractivity contribution >= 4 is 45.1 Å². The minimum Gasteiger partial charge on any atom is -0.478 e. The van der Waals surface area contributed by atoms with Crippen molar-refractivity contribution in [1.29, 1.82) is 0 Å². The summed E-state index contributed by atoms with van der Waals surface area (Å²) in [5.74, 6) is -1.55. The Hall–Kier alpha value is -1.92. The second kappa shape index (κ2) is 6.02. The Labute approximate surface area is 127 Å². The molecule has 2 N–H and O–H groups in total. The fourth-order valence-electron chi connectivity index (χ4n) is 1.43. The molecule has 1 heterocycles. The summed E-state index contributed by atoms with van der Waals surface area (Å²) in [6, 6.07) is 7.64. The normalized spacial score (nSPS) is 10.1. The maximum Gasteiger partial charge on any atom is 0.337 e. The maximum atomic E-state index is 12.0. The highest BCUT2D eigenvalue weighted by atomic mass is 79.9. The predicted molar refractivity (Wildman–Crippen MR) is 78.3 cm³/mol. The van der Waals surface area contributed by atoms with Crippen molar-refractivity contribution in [2.24, 2.45) is 0 Å². The van der Waals surface area contributed by atoms with E-state index in [4.69, 9.17) is 16.7 Å². The number of benzene rings is 1. The summed E-state index contributed by atoms with van der Waals surface area (Å²) in [6.07, 6.45) is 1.13. The van der Waals surface area contributed by atoms with Gasteiger partial charge in [-0.1, -0.05) is 11.6 Å². The molecule has 0 saturated carbocycles. The van der Waals surface area contributed by atoms with E-state index in [1.807, 2.05) is 0 Å². The van der Waals surface area contributed by atoms with E-state index < -0.39 is 11.9 Å². The third kappa shape index (κ3) is 3.34. The number of aromatic nitrogens is 1. The Kier molecular flexibility index (Phi) is 4.36. The van der Waals surface area contributed by atoms with Crippen LogP contribution in [0.5, 0.6) is 0 Å². The van der Waals surface area contributed by atoms with Gasteiger partial charge in [0.05, 0.1) is 11.3 Å². The van der Waals surface area contributed by atoms with Gasteiger partial charge < -0.3 is 10.4 Å². The van der Waals surface area contributed by atoms with Gasteiger partial charge in [-0.2, -0.15) is 0 Å². The number of amides is 1. The molecule has 7 heteroatoms. The number of halogens is 2. The zero-order valence-corrected chi connectivity index (χ0v) is 12.3. The number of anilines is 1. The van der Waals surface area contributed by atoms with Crippen LogP contribution in [0.2, 0.25) is 5.02 Å². The second-order valence-electron chi connectivity index (χ2n) is 3.82. The third-order valence-corrected chi connectivity index (χ3v) is 3.35. The smallest absolute Gasteiger partial charge is 0.337 e. The van der Waals surface area contributed by atoms with Gasteiger partial charge in [0.2, 0.25) is 0 Å². The topological polar surface area (TPSA) is 79.3 Å². The standard InChI is InChI=1S/C13H8BrClN2O3/c14-9-3-2-8(15)5-11(9)17-12(18)10-4-1-7(6-16-10)13(19)20/h1-6H,(H,17,18)(H,19,20). The van der Waals surface area contributed by atoms with Crippen molar-refractivity contribution in [3.63, 3.8) is 0 Å². The average molecular weight is 356 g/mol. The van der Waals surface area contributed by atoms with Gasteiger partial charge in [0.15, 0.2) is 0 Å². The molecule has 0 aliphatic heterocycles. The highest BCUT2D eigenvalue weighted by Crippen LogP contribution is 2.26. The van der Waals surface area contributed by atoms with Crippen molar-refractivity contribution in [2.75, 3.05) is 5.32 Å². The van der Waals surface area contributed by atoms with Gasteiger partial charge in [-0.05, 0) is 46.3 Å². The molecule has 0 saturated heterocycles. The lowest BCUT2D eigenvalue weighted by Gasteiger charge is -2.07. The molecule has 2 rings (SSSR count). The number of carboxylic acids is 1. The summed E-state index contributed by atoms with van der Waals surface area (Å²) in [4.78, 5) is 26.5. The highest BCUT2D eigenvalue weighted by molar-refractivity contribution is 9.10. The molecule has 0 radical (unpaired) electrons. The van der Waals surface area contributed by atoms with Gasteiger partial charge in [-0.3, -0.25) is 9.78 Å². The number of carboxylic acid groups (broad SMARTS) is 1. The number of nitrogens with zero attached hydrogens (tertiary/aromatic N) is 1. The van der Waals surface area contributed by atoms with Crippen LogP contribution >= 0.6 is 27.5 Å². The van der Waals surface area contributed by atoms with Crippen LogP contribution in [0.1, 0.15) is 20.8 Å². The molecule has 1 aromatic heterocycles. The van der Waals surface area contributed by atoms with E-state index in [1.165, 1.54) is 12.1 Å². The largest absolute Gasteiger partial charge is 0.478 e. The lowest BCUT2D eigenvalue weighted by Crippen LogP contribution is -2.14. The number of hydrogen-bond donors (Lipinski definition) is 2. The number of rotatable bonds is 3. The van der Waals surface area contributed by atoms with E-state index in [2.05, 4.69) is 26.2 Å². The van der Waals surface area contributed by atoms with Crippen LogP contribution in [-0.2, 0) is 0 Å². The van der Waals surface area contributed by atoms with E-state index >= 15 is 0 Å². The number of pyridine rings is 1. The summed E-state index contributed by atoms with van der Waals surface area (Å²) in [6.45, 7) is 0. The molecule has 102 valence electrons. The molecule has 0 atom stereocenters. The molecule has 2 aromatic rings. The van der Waals surface area contributed by atoms with Crippen LogP contribution in [0.15, 0.2) is 41.0 Å². The first kappa shape index (κ1) is 14.5. The predicted octanol–water partition coefficient (Wildman–Crippen LogP) is 3.45. The molecule has 0 fully saturated rings. The molecule has 0 aliphatic carbocycles. The molecule has 0 bridgehead atoms. The Bertz CT molecular complexity index is 674. The zero-order valence-electron chi connectivity index (χ0n) is 9.93. The molecule has 1 aromatic carbocycles. The quantitative estimate of drug-likeness (QED) is 0.884. The Morgan fingerprint density at radius 1 is 1.25 bits per heavy atom. The molecular formula is C13H8BrClN2O3. The van der Waals surface area contributed by atoms with Crippen LogP contribution in [0.4, 0.5) is 5.69 Å². The van der Waals surface area contributed by atoms with Gasteiger partial charge in [0.1, 0.15) is 5.69 Å². The molecule has 1 amide bonds. The molecule has 0 unspecified atom stereocenters. The number of carbonyl (C=O) groups excluding carboxylic acids is 1. The Morgan fingerprint density at radius 3 is 2.60 bits per heavy atom. The van der Waals surface area contributed by atoms with Crippen LogP contribution in [0, 0.1) is 0 Å². The number of carbonyl (C=O) groups is 2. The first-order chi connectivity index (χ1) is 9.47. The van der Waals surface area contributed by atoms with Gasteiger partial charge in [-0.15, -0.1) is 0 Å². The fourth-order valence-corrected chi connectivity index (χ4v) is 1.95. The van der Waals surface area contributed by atoms with E-state index in [0.29, 0.717) is 15.2 Å². The van der Waals surface area contributed by atoms with Crippen molar-refractivity contribution in [1.82, 2.24) is 4.98 Å². The minimum absolute atomic E-state index is 0.0190. The average Bonchev–Trinajstić information content (AvgIpc) is 2.43. The highest BCUT2D eigenvalue weighted by Gasteiger charge is 2.11. The van der Waals surface area contributed by atoms with Gasteiger partial charge in [0, 0.05) is 15.7 Å². The minimum atomic E-state index is -1.10. The van der Waals surface area contributed by atoms with Crippen molar-refractivity contribution in [3.8, 4) is 0 Å². The molecular weight excluding hydrogens is 348 g/mol. The fraction of sp³-hybridized carbons (Fsp3) is 0. The Morgan fingerprint density at radius 2 is 2.00 bits per heavy atom. The number of aromatic carboxylic acids is 1.